The highest BCUT2D eigenvalue weighted by atomic mass is 16.5. The number of aromatic nitrogens is 6. The Balaban J connectivity index is 1.87. The van der Waals surface area contributed by atoms with Crippen molar-refractivity contribution in [3.8, 4) is 6.01 Å². The van der Waals surface area contributed by atoms with E-state index in [4.69, 9.17) is 4.74 Å². The summed E-state index contributed by atoms with van der Waals surface area (Å²) in [6.07, 6.45) is 1.75. The SMILES string of the molecule is CCNc1nc(OCC)nc(N2CCn3cnnc3C2)n1. The molecular formula is C12H18N8O. The molecule has 0 bridgehead atoms. The van der Waals surface area contributed by atoms with Crippen LogP contribution >= 0.6 is 0 Å². The Morgan fingerprint density at radius 2 is 2.14 bits per heavy atom. The second-order valence-electron chi connectivity index (χ2n) is 4.57. The van der Waals surface area contributed by atoms with Crippen LogP contribution in [0.1, 0.15) is 19.7 Å². The van der Waals surface area contributed by atoms with E-state index in [9.17, 15) is 0 Å². The second-order valence-corrected chi connectivity index (χ2v) is 4.57. The monoisotopic (exact) mass is 290 g/mol. The molecule has 0 saturated carbocycles. The van der Waals surface area contributed by atoms with Crippen LogP contribution in [0.2, 0.25) is 0 Å². The van der Waals surface area contributed by atoms with Crippen LogP contribution in [-0.2, 0) is 13.1 Å². The van der Waals surface area contributed by atoms with Gasteiger partial charge in [0.05, 0.1) is 13.2 Å². The van der Waals surface area contributed by atoms with Crippen LogP contribution < -0.4 is 15.0 Å². The fourth-order valence-electron chi connectivity index (χ4n) is 2.16. The lowest BCUT2D eigenvalue weighted by Crippen LogP contribution is -2.35. The molecule has 21 heavy (non-hydrogen) atoms. The van der Waals surface area contributed by atoms with Gasteiger partial charge in [0.1, 0.15) is 6.33 Å². The van der Waals surface area contributed by atoms with Crippen LogP contribution in [0.5, 0.6) is 6.01 Å². The standard InChI is InChI=1S/C12H18N8O/c1-3-13-10-15-11(17-12(16-10)21-4-2)19-5-6-20-8-14-18-9(20)7-19/h8H,3-7H2,1-2H3,(H,13,15,16,17). The van der Waals surface area contributed by atoms with E-state index in [1.165, 1.54) is 0 Å². The Kier molecular flexibility index (Phi) is 3.80. The Bertz CT molecular complexity index is 589. The Labute approximate surface area is 122 Å². The zero-order chi connectivity index (χ0) is 14.7. The summed E-state index contributed by atoms with van der Waals surface area (Å²) < 4.78 is 7.45. The maximum atomic E-state index is 5.42. The number of ether oxygens (including phenoxy) is 1. The molecule has 0 amide bonds. The largest absolute Gasteiger partial charge is 0.464 e. The van der Waals surface area contributed by atoms with E-state index < -0.39 is 0 Å². The van der Waals surface area contributed by atoms with Gasteiger partial charge in [-0.2, -0.15) is 15.0 Å². The first kappa shape index (κ1) is 13.5. The van der Waals surface area contributed by atoms with Crippen molar-refractivity contribution in [1.82, 2.24) is 29.7 Å². The minimum atomic E-state index is 0.338. The molecule has 9 heteroatoms. The van der Waals surface area contributed by atoms with Gasteiger partial charge < -0.3 is 19.5 Å². The van der Waals surface area contributed by atoms with Gasteiger partial charge in [0.25, 0.3) is 0 Å². The van der Waals surface area contributed by atoms with Crippen LogP contribution in [0.25, 0.3) is 0 Å². The van der Waals surface area contributed by atoms with Crippen LogP contribution in [0.3, 0.4) is 0 Å². The van der Waals surface area contributed by atoms with Crippen molar-refractivity contribution in [3.63, 3.8) is 0 Å². The smallest absolute Gasteiger partial charge is 0.323 e. The van der Waals surface area contributed by atoms with Gasteiger partial charge in [-0.25, -0.2) is 0 Å². The van der Waals surface area contributed by atoms with Crippen LogP contribution in [0, 0.1) is 0 Å². The Hall–Kier alpha value is -2.45. The van der Waals surface area contributed by atoms with Gasteiger partial charge in [0, 0.05) is 19.6 Å². The molecule has 2 aromatic heterocycles. The normalized spacial score (nSPS) is 13.9. The highest BCUT2D eigenvalue weighted by Crippen LogP contribution is 2.19. The summed E-state index contributed by atoms with van der Waals surface area (Å²) in [5.74, 6) is 2.03. The van der Waals surface area contributed by atoms with E-state index in [0.717, 1.165) is 25.5 Å². The lowest BCUT2D eigenvalue weighted by Gasteiger charge is -2.27. The quantitative estimate of drug-likeness (QED) is 0.841. The molecule has 0 saturated heterocycles. The molecule has 1 aliphatic heterocycles. The van der Waals surface area contributed by atoms with Crippen molar-refractivity contribution >= 4 is 11.9 Å². The summed E-state index contributed by atoms with van der Waals surface area (Å²) in [5.41, 5.74) is 0. The van der Waals surface area contributed by atoms with Gasteiger partial charge in [-0.1, -0.05) is 0 Å². The summed E-state index contributed by atoms with van der Waals surface area (Å²) in [6.45, 7) is 7.39. The third-order valence-corrected chi connectivity index (χ3v) is 3.13. The van der Waals surface area contributed by atoms with Gasteiger partial charge in [-0.3, -0.25) is 0 Å². The predicted molar refractivity (Wildman–Crippen MR) is 76.2 cm³/mol. The minimum Gasteiger partial charge on any atom is -0.464 e. The van der Waals surface area contributed by atoms with Crippen molar-refractivity contribution in [2.45, 2.75) is 26.9 Å². The molecule has 1 aliphatic rings. The molecule has 0 fully saturated rings. The summed E-state index contributed by atoms with van der Waals surface area (Å²) in [4.78, 5) is 15.1. The fraction of sp³-hybridized carbons (Fsp3) is 0.583. The van der Waals surface area contributed by atoms with E-state index >= 15 is 0 Å². The van der Waals surface area contributed by atoms with E-state index in [-0.39, 0.29) is 0 Å². The summed E-state index contributed by atoms with van der Waals surface area (Å²) >= 11 is 0. The van der Waals surface area contributed by atoms with Crippen molar-refractivity contribution in [3.05, 3.63) is 12.2 Å². The van der Waals surface area contributed by atoms with E-state index in [1.807, 2.05) is 18.4 Å². The third kappa shape index (κ3) is 2.86. The maximum absolute atomic E-state index is 5.42. The van der Waals surface area contributed by atoms with Crippen molar-refractivity contribution < 1.29 is 4.74 Å². The van der Waals surface area contributed by atoms with E-state index in [2.05, 4.69) is 35.4 Å². The predicted octanol–water partition coefficient (Wildman–Crippen LogP) is 0.314. The highest BCUT2D eigenvalue weighted by Gasteiger charge is 2.21. The molecule has 0 aromatic carbocycles. The van der Waals surface area contributed by atoms with Crippen molar-refractivity contribution in [1.29, 1.82) is 0 Å². The number of nitrogens with one attached hydrogen (secondary N) is 1. The fourth-order valence-corrected chi connectivity index (χ4v) is 2.16. The summed E-state index contributed by atoms with van der Waals surface area (Å²) in [7, 11) is 0. The molecule has 1 N–H and O–H groups in total. The molecule has 0 unspecified atom stereocenters. The first-order valence-corrected chi connectivity index (χ1v) is 7.04. The number of fused-ring (bicyclic) bond motifs is 1. The third-order valence-electron chi connectivity index (χ3n) is 3.13. The number of hydrogen-bond acceptors (Lipinski definition) is 8. The molecule has 0 radical (unpaired) electrons. The maximum Gasteiger partial charge on any atom is 0.323 e. The van der Waals surface area contributed by atoms with Crippen LogP contribution in [0.15, 0.2) is 6.33 Å². The molecule has 2 aromatic rings. The molecule has 3 rings (SSSR count). The first-order valence-electron chi connectivity index (χ1n) is 7.04. The molecule has 9 nitrogen and oxygen atoms in total. The van der Waals surface area contributed by atoms with E-state index in [1.54, 1.807) is 6.33 Å². The summed E-state index contributed by atoms with van der Waals surface area (Å²) in [5, 5.41) is 11.1. The number of rotatable bonds is 5. The lowest BCUT2D eigenvalue weighted by atomic mass is 10.4. The average Bonchev–Trinajstić information content (AvgIpc) is 2.95. The number of nitrogens with zero attached hydrogens (tertiary/aromatic N) is 7. The van der Waals surface area contributed by atoms with Crippen molar-refractivity contribution in [2.24, 2.45) is 0 Å². The molecule has 0 aliphatic carbocycles. The van der Waals surface area contributed by atoms with Gasteiger partial charge in [0.2, 0.25) is 11.9 Å². The van der Waals surface area contributed by atoms with Crippen molar-refractivity contribution in [2.75, 3.05) is 29.9 Å². The topological polar surface area (TPSA) is 93.9 Å². The Morgan fingerprint density at radius 1 is 1.24 bits per heavy atom. The van der Waals surface area contributed by atoms with Crippen LogP contribution in [0.4, 0.5) is 11.9 Å². The molecule has 0 spiro atoms. The lowest BCUT2D eigenvalue weighted by molar-refractivity contribution is 0.311. The van der Waals surface area contributed by atoms with Gasteiger partial charge >= 0.3 is 6.01 Å². The first-order chi connectivity index (χ1) is 10.3. The van der Waals surface area contributed by atoms with Gasteiger partial charge in [-0.05, 0) is 13.8 Å². The zero-order valence-electron chi connectivity index (χ0n) is 12.2. The van der Waals surface area contributed by atoms with Gasteiger partial charge in [0.15, 0.2) is 5.82 Å². The molecule has 0 atom stereocenters. The summed E-state index contributed by atoms with van der Waals surface area (Å²) in [6, 6.07) is 0.338. The number of anilines is 2. The van der Waals surface area contributed by atoms with E-state index in [0.29, 0.717) is 31.1 Å². The second kappa shape index (κ2) is 5.90. The van der Waals surface area contributed by atoms with Crippen LogP contribution in [-0.4, -0.2) is 49.4 Å². The molecule has 112 valence electrons. The average molecular weight is 290 g/mol. The minimum absolute atomic E-state index is 0.338. The highest BCUT2D eigenvalue weighted by molar-refractivity contribution is 5.39. The zero-order valence-corrected chi connectivity index (χ0v) is 12.2. The molecular weight excluding hydrogens is 272 g/mol. The number of hydrogen-bond donors (Lipinski definition) is 1. The molecule has 3 heterocycles. The van der Waals surface area contributed by atoms with Gasteiger partial charge in [-0.15, -0.1) is 10.2 Å². The Morgan fingerprint density at radius 3 is 2.95 bits per heavy atom.